The molecule has 0 saturated carbocycles. The third kappa shape index (κ3) is 3.65. The minimum absolute atomic E-state index is 0.156. The van der Waals surface area contributed by atoms with Gasteiger partial charge in [-0.05, 0) is 57.0 Å². The summed E-state index contributed by atoms with van der Waals surface area (Å²) < 4.78 is 20.6. The molecule has 1 atom stereocenters. The molecule has 0 spiro atoms. The first-order valence-electron chi connectivity index (χ1n) is 9.98. The van der Waals surface area contributed by atoms with Crippen LogP contribution >= 0.6 is 0 Å². The fraction of sp³-hybridized carbons (Fsp3) is 0.292. The van der Waals surface area contributed by atoms with Gasteiger partial charge in [-0.1, -0.05) is 12.1 Å². The van der Waals surface area contributed by atoms with Crippen molar-refractivity contribution in [2.24, 2.45) is 0 Å². The molecule has 2 aromatic carbocycles. The van der Waals surface area contributed by atoms with E-state index in [-0.39, 0.29) is 24.4 Å². The first-order chi connectivity index (χ1) is 14.3. The molecule has 0 saturated heterocycles. The molecule has 5 nitrogen and oxygen atoms in total. The average molecular weight is 405 g/mol. The van der Waals surface area contributed by atoms with E-state index in [4.69, 9.17) is 4.74 Å². The highest BCUT2D eigenvalue weighted by molar-refractivity contribution is 5.95. The molecule has 0 fully saturated rings. The van der Waals surface area contributed by atoms with Crippen LogP contribution in [0.4, 0.5) is 4.39 Å². The fourth-order valence-corrected chi connectivity index (χ4v) is 3.76. The van der Waals surface area contributed by atoms with Crippen molar-refractivity contribution in [1.82, 2.24) is 15.3 Å². The van der Waals surface area contributed by atoms with Crippen LogP contribution in [0.5, 0.6) is 5.75 Å². The highest BCUT2D eigenvalue weighted by atomic mass is 19.1. The summed E-state index contributed by atoms with van der Waals surface area (Å²) in [7, 11) is 0. The van der Waals surface area contributed by atoms with Gasteiger partial charge >= 0.3 is 0 Å². The van der Waals surface area contributed by atoms with E-state index >= 15 is 0 Å². The van der Waals surface area contributed by atoms with Crippen molar-refractivity contribution in [3.63, 3.8) is 0 Å². The maximum Gasteiger partial charge on any atom is 0.251 e. The number of aromatic nitrogens is 2. The van der Waals surface area contributed by atoms with Gasteiger partial charge in [-0.2, -0.15) is 0 Å². The minimum atomic E-state index is -0.345. The Bertz CT molecular complexity index is 1140. The number of carbonyl (C=O) groups excluding carboxylic acids is 1. The Morgan fingerprint density at radius 1 is 1.20 bits per heavy atom. The van der Waals surface area contributed by atoms with Crippen LogP contribution in [0.1, 0.15) is 38.4 Å². The van der Waals surface area contributed by atoms with E-state index in [1.54, 1.807) is 18.3 Å². The number of carbonyl (C=O) groups is 1. The van der Waals surface area contributed by atoms with Crippen molar-refractivity contribution in [1.29, 1.82) is 0 Å². The normalized spacial score (nSPS) is 14.9. The van der Waals surface area contributed by atoms with E-state index in [2.05, 4.69) is 15.3 Å². The van der Waals surface area contributed by atoms with Gasteiger partial charge in [0, 0.05) is 29.3 Å². The first-order valence-corrected chi connectivity index (χ1v) is 9.98. The van der Waals surface area contributed by atoms with E-state index in [9.17, 15) is 9.18 Å². The maximum absolute atomic E-state index is 14.5. The minimum Gasteiger partial charge on any atom is -0.487 e. The van der Waals surface area contributed by atoms with Gasteiger partial charge in [-0.3, -0.25) is 9.78 Å². The van der Waals surface area contributed by atoms with Gasteiger partial charge in [0.15, 0.2) is 0 Å². The van der Waals surface area contributed by atoms with Gasteiger partial charge in [-0.25, -0.2) is 9.37 Å². The number of halogens is 1. The second kappa shape index (κ2) is 7.86. The molecule has 1 aliphatic heterocycles. The first kappa shape index (κ1) is 20.0. The number of amides is 1. The summed E-state index contributed by atoms with van der Waals surface area (Å²) in [6, 6.07) is 8.77. The fourth-order valence-electron chi connectivity index (χ4n) is 3.76. The molecule has 3 aromatic rings. The number of ether oxygens (including phenoxy) is 1. The van der Waals surface area contributed by atoms with Crippen LogP contribution in [0.15, 0.2) is 36.5 Å². The predicted octanol–water partition coefficient (Wildman–Crippen LogP) is 4.25. The molecule has 0 bridgehead atoms. The van der Waals surface area contributed by atoms with Crippen LogP contribution in [0, 0.1) is 33.5 Å². The van der Waals surface area contributed by atoms with Gasteiger partial charge in [0.2, 0.25) is 0 Å². The lowest BCUT2D eigenvalue weighted by Crippen LogP contribution is -2.34. The zero-order chi connectivity index (χ0) is 21.4. The Labute approximate surface area is 175 Å². The molecule has 30 heavy (non-hydrogen) atoms. The maximum atomic E-state index is 14.5. The topological polar surface area (TPSA) is 64.1 Å². The molecular weight excluding hydrogens is 381 g/mol. The molecule has 4 rings (SSSR count). The lowest BCUT2D eigenvalue weighted by molar-refractivity contribution is 0.0933. The summed E-state index contributed by atoms with van der Waals surface area (Å²) in [5.41, 5.74) is 6.12. The largest absolute Gasteiger partial charge is 0.487 e. The predicted molar refractivity (Wildman–Crippen MR) is 113 cm³/mol. The molecule has 154 valence electrons. The Morgan fingerprint density at radius 3 is 2.80 bits per heavy atom. The van der Waals surface area contributed by atoms with Gasteiger partial charge in [0.1, 0.15) is 17.7 Å². The lowest BCUT2D eigenvalue weighted by atomic mass is 10.0. The average Bonchev–Trinajstić information content (AvgIpc) is 3.16. The molecule has 1 amide bonds. The van der Waals surface area contributed by atoms with Crippen LogP contribution in [0.25, 0.3) is 11.3 Å². The van der Waals surface area contributed by atoms with Crippen molar-refractivity contribution in [2.75, 3.05) is 6.54 Å². The summed E-state index contributed by atoms with van der Waals surface area (Å²) in [6.45, 7) is 7.93. The zero-order valence-corrected chi connectivity index (χ0v) is 17.5. The second-order valence-electron chi connectivity index (χ2n) is 7.75. The Balaban J connectivity index is 1.55. The number of rotatable bonds is 4. The molecule has 1 aliphatic rings. The van der Waals surface area contributed by atoms with Gasteiger partial charge < -0.3 is 10.1 Å². The molecular formula is C24H24FN3O2. The Morgan fingerprint density at radius 2 is 2.00 bits per heavy atom. The van der Waals surface area contributed by atoms with E-state index in [0.29, 0.717) is 29.0 Å². The molecule has 1 N–H and O–H groups in total. The van der Waals surface area contributed by atoms with Crippen molar-refractivity contribution in [3.05, 3.63) is 76.0 Å². The van der Waals surface area contributed by atoms with Crippen LogP contribution in [0.3, 0.4) is 0 Å². The second-order valence-corrected chi connectivity index (χ2v) is 7.75. The smallest absolute Gasteiger partial charge is 0.251 e. The van der Waals surface area contributed by atoms with Crippen molar-refractivity contribution in [3.8, 4) is 17.0 Å². The lowest BCUT2D eigenvalue weighted by Gasteiger charge is -2.15. The molecule has 0 radical (unpaired) electrons. The third-order valence-electron chi connectivity index (χ3n) is 5.59. The molecule has 1 aromatic heterocycles. The molecule has 0 unspecified atom stereocenters. The number of aryl methyl sites for hydroxylation is 3. The highest BCUT2D eigenvalue weighted by Crippen LogP contribution is 2.40. The number of hydrogen-bond acceptors (Lipinski definition) is 4. The number of benzene rings is 2. The summed E-state index contributed by atoms with van der Waals surface area (Å²) in [4.78, 5) is 21.6. The number of hydrogen-bond donors (Lipinski definition) is 1. The van der Waals surface area contributed by atoms with E-state index in [0.717, 1.165) is 28.1 Å². The summed E-state index contributed by atoms with van der Waals surface area (Å²) >= 11 is 0. The number of nitrogens with zero attached hydrogens (tertiary/aromatic N) is 2. The molecule has 6 heteroatoms. The quantitative estimate of drug-likeness (QED) is 0.705. The standard InChI is InChI=1S/C24H24FN3O2/c1-13-6-5-7-18(15(13)3)24(29)27-12-17-10-20-21(25)9-8-19(23(20)30-17)22-16(4)26-11-14(2)28-22/h5-9,11,17H,10,12H2,1-4H3,(H,27,29)/t17-/m0/s1. The monoisotopic (exact) mass is 405 g/mol. The van der Waals surface area contributed by atoms with Gasteiger partial charge in [-0.15, -0.1) is 0 Å². The summed E-state index contributed by atoms with van der Waals surface area (Å²) in [6.07, 6.45) is 1.75. The van der Waals surface area contributed by atoms with Crippen molar-refractivity contribution < 1.29 is 13.9 Å². The van der Waals surface area contributed by atoms with E-state index in [1.807, 2.05) is 39.8 Å². The molecule has 2 heterocycles. The highest BCUT2D eigenvalue weighted by Gasteiger charge is 2.30. The van der Waals surface area contributed by atoms with E-state index in [1.165, 1.54) is 6.07 Å². The third-order valence-corrected chi connectivity index (χ3v) is 5.59. The zero-order valence-electron chi connectivity index (χ0n) is 17.5. The summed E-state index contributed by atoms with van der Waals surface area (Å²) in [5.74, 6) is 0.0243. The van der Waals surface area contributed by atoms with Crippen LogP contribution in [-0.4, -0.2) is 28.5 Å². The van der Waals surface area contributed by atoms with Crippen LogP contribution < -0.4 is 10.1 Å². The number of nitrogens with one attached hydrogen (secondary N) is 1. The SMILES string of the molecule is Cc1cnc(C)c(-c2ccc(F)c3c2O[C@H](CNC(=O)c2cccc(C)c2C)C3)n1. The number of fused-ring (bicyclic) bond motifs is 1. The Kier molecular flexibility index (Phi) is 5.24. The van der Waals surface area contributed by atoms with E-state index < -0.39 is 0 Å². The summed E-state index contributed by atoms with van der Waals surface area (Å²) in [5, 5.41) is 2.93. The Hall–Kier alpha value is -3.28. The molecule has 0 aliphatic carbocycles. The van der Waals surface area contributed by atoms with Gasteiger partial charge in [0.25, 0.3) is 5.91 Å². The van der Waals surface area contributed by atoms with Crippen molar-refractivity contribution >= 4 is 5.91 Å². The van der Waals surface area contributed by atoms with Crippen LogP contribution in [0.2, 0.25) is 0 Å². The van der Waals surface area contributed by atoms with Crippen molar-refractivity contribution in [2.45, 2.75) is 40.2 Å². The van der Waals surface area contributed by atoms with Crippen LogP contribution in [-0.2, 0) is 6.42 Å². The van der Waals surface area contributed by atoms with Gasteiger partial charge in [0.05, 0.1) is 23.6 Å².